The quantitative estimate of drug-likeness (QED) is 0.337. The number of rotatable bonds is 8. The highest BCUT2D eigenvalue weighted by molar-refractivity contribution is 9.10. The van der Waals surface area contributed by atoms with E-state index < -0.39 is 11.8 Å². The van der Waals surface area contributed by atoms with Crippen LogP contribution in [-0.2, 0) is 13.2 Å². The Balaban J connectivity index is 1.84. The molecule has 0 amide bonds. The van der Waals surface area contributed by atoms with Crippen molar-refractivity contribution in [2.24, 2.45) is 0 Å². The first-order valence-corrected chi connectivity index (χ1v) is 10.5. The predicted molar refractivity (Wildman–Crippen MR) is 122 cm³/mol. The number of methoxy groups -OCH3 is 1. The van der Waals surface area contributed by atoms with Crippen molar-refractivity contribution in [3.8, 4) is 11.5 Å². The third-order valence-corrected chi connectivity index (χ3v) is 5.85. The fourth-order valence-electron chi connectivity index (χ4n) is 2.84. The summed E-state index contributed by atoms with van der Waals surface area (Å²) in [6.45, 7) is 0.436. The molecule has 2 N–H and O–H groups in total. The second kappa shape index (κ2) is 10.2. The molecule has 3 rings (SSSR count). The fraction of sp³-hybridized carbons (Fsp3) is 0.136. The number of carboxylic acids is 1. The summed E-state index contributed by atoms with van der Waals surface area (Å²) >= 11 is 15.7. The highest BCUT2D eigenvalue weighted by atomic mass is 79.9. The Labute approximate surface area is 196 Å². The molecule has 0 bridgehead atoms. The maximum absolute atomic E-state index is 13.3. The summed E-state index contributed by atoms with van der Waals surface area (Å²) in [4.78, 5) is 11.1. The summed E-state index contributed by atoms with van der Waals surface area (Å²) in [7, 11) is 1.53. The molecule has 0 radical (unpaired) electrons. The maximum Gasteiger partial charge on any atom is 0.337 e. The third kappa shape index (κ3) is 5.61. The SMILES string of the molecule is COc1ccc(Br)c(CNc2ccc(C(=O)O)c(Cl)c2)c1OCc1ccc(F)cc1Cl. The molecule has 0 spiro atoms. The summed E-state index contributed by atoms with van der Waals surface area (Å²) in [5.41, 5.74) is 2.04. The molecular weight excluding hydrogens is 512 g/mol. The molecule has 0 aromatic heterocycles. The standard InChI is InChI=1S/C22H17BrCl2FNO4/c1-30-20-7-6-17(23)16(10-27-14-4-5-15(22(28)29)19(25)9-14)21(20)31-11-12-2-3-13(26)8-18(12)24/h2-9,27H,10-11H2,1H3,(H,28,29). The van der Waals surface area contributed by atoms with Gasteiger partial charge >= 0.3 is 5.97 Å². The van der Waals surface area contributed by atoms with Gasteiger partial charge in [-0.15, -0.1) is 0 Å². The molecular formula is C22H17BrCl2FNO4. The number of carbonyl (C=O) groups is 1. The van der Waals surface area contributed by atoms with Crippen LogP contribution in [0.2, 0.25) is 10.0 Å². The van der Waals surface area contributed by atoms with Gasteiger partial charge in [0.25, 0.3) is 0 Å². The van der Waals surface area contributed by atoms with Gasteiger partial charge in [0.1, 0.15) is 12.4 Å². The molecule has 0 atom stereocenters. The molecule has 9 heteroatoms. The van der Waals surface area contributed by atoms with Crippen LogP contribution < -0.4 is 14.8 Å². The van der Waals surface area contributed by atoms with Gasteiger partial charge in [-0.2, -0.15) is 0 Å². The molecule has 0 aliphatic rings. The number of hydrogen-bond donors (Lipinski definition) is 2. The third-order valence-electron chi connectivity index (χ3n) is 4.44. The number of hydrogen-bond acceptors (Lipinski definition) is 4. The molecule has 3 aromatic carbocycles. The normalized spacial score (nSPS) is 10.6. The summed E-state index contributed by atoms with van der Waals surface area (Å²) in [5, 5.41) is 12.7. The van der Waals surface area contributed by atoms with Crippen molar-refractivity contribution in [2.75, 3.05) is 12.4 Å². The van der Waals surface area contributed by atoms with Crippen LogP contribution in [0.3, 0.4) is 0 Å². The molecule has 5 nitrogen and oxygen atoms in total. The van der Waals surface area contributed by atoms with E-state index in [1.807, 2.05) is 6.07 Å². The Hall–Kier alpha value is -2.48. The van der Waals surface area contributed by atoms with E-state index in [1.54, 1.807) is 18.2 Å². The smallest absolute Gasteiger partial charge is 0.337 e. The monoisotopic (exact) mass is 527 g/mol. The first-order chi connectivity index (χ1) is 14.8. The van der Waals surface area contributed by atoms with Crippen molar-refractivity contribution >= 4 is 50.8 Å². The minimum Gasteiger partial charge on any atom is -0.493 e. The van der Waals surface area contributed by atoms with Crippen molar-refractivity contribution in [3.63, 3.8) is 0 Å². The van der Waals surface area contributed by atoms with Crippen molar-refractivity contribution < 1.29 is 23.8 Å². The summed E-state index contributed by atoms with van der Waals surface area (Å²) < 4.78 is 25.5. The minimum absolute atomic E-state index is 0.0231. The lowest BCUT2D eigenvalue weighted by Crippen LogP contribution is -2.07. The molecule has 3 aromatic rings. The summed E-state index contributed by atoms with van der Waals surface area (Å²) in [6, 6.07) is 12.3. The van der Waals surface area contributed by atoms with Crippen LogP contribution in [0.15, 0.2) is 53.0 Å². The van der Waals surface area contributed by atoms with Gasteiger partial charge in [0.2, 0.25) is 0 Å². The second-order valence-corrected chi connectivity index (χ2v) is 8.10. The Morgan fingerprint density at radius 1 is 1.13 bits per heavy atom. The van der Waals surface area contributed by atoms with E-state index in [2.05, 4.69) is 21.2 Å². The lowest BCUT2D eigenvalue weighted by molar-refractivity contribution is 0.0697. The van der Waals surface area contributed by atoms with Crippen molar-refractivity contribution in [3.05, 3.63) is 85.6 Å². The Morgan fingerprint density at radius 3 is 2.55 bits per heavy atom. The average molecular weight is 529 g/mol. The van der Waals surface area contributed by atoms with Crippen LogP contribution in [0.5, 0.6) is 11.5 Å². The molecule has 0 unspecified atom stereocenters. The zero-order chi connectivity index (χ0) is 22.5. The molecule has 162 valence electrons. The number of anilines is 1. The van der Waals surface area contributed by atoms with Crippen molar-refractivity contribution in [1.29, 1.82) is 0 Å². The van der Waals surface area contributed by atoms with Crippen LogP contribution in [0.1, 0.15) is 21.5 Å². The van der Waals surface area contributed by atoms with Gasteiger partial charge in [-0.05, 0) is 42.5 Å². The van der Waals surface area contributed by atoms with E-state index >= 15 is 0 Å². The van der Waals surface area contributed by atoms with Crippen molar-refractivity contribution in [2.45, 2.75) is 13.2 Å². The van der Waals surface area contributed by atoms with E-state index in [0.717, 1.165) is 10.0 Å². The number of benzene rings is 3. The molecule has 31 heavy (non-hydrogen) atoms. The Bertz CT molecular complexity index is 1130. The Kier molecular flexibility index (Phi) is 7.64. The zero-order valence-electron chi connectivity index (χ0n) is 16.2. The van der Waals surface area contributed by atoms with Gasteiger partial charge in [-0.1, -0.05) is 45.2 Å². The van der Waals surface area contributed by atoms with Gasteiger partial charge in [0.15, 0.2) is 11.5 Å². The van der Waals surface area contributed by atoms with Crippen molar-refractivity contribution in [1.82, 2.24) is 0 Å². The van der Waals surface area contributed by atoms with Crippen LogP contribution in [0.4, 0.5) is 10.1 Å². The molecule has 0 saturated heterocycles. The first kappa shape index (κ1) is 23.2. The highest BCUT2D eigenvalue weighted by Gasteiger charge is 2.16. The van der Waals surface area contributed by atoms with Gasteiger partial charge in [0, 0.05) is 27.8 Å². The zero-order valence-corrected chi connectivity index (χ0v) is 19.3. The summed E-state index contributed by atoms with van der Waals surface area (Å²) in [6.07, 6.45) is 0. The predicted octanol–water partition coefficient (Wildman–Crippen LogP) is 6.79. The molecule has 0 aliphatic heterocycles. The minimum atomic E-state index is -1.10. The largest absolute Gasteiger partial charge is 0.493 e. The van der Waals surface area contributed by atoms with Crippen LogP contribution in [0.25, 0.3) is 0 Å². The van der Waals surface area contributed by atoms with Gasteiger partial charge in [-0.25, -0.2) is 9.18 Å². The van der Waals surface area contributed by atoms with Crippen LogP contribution in [-0.4, -0.2) is 18.2 Å². The molecule has 0 fully saturated rings. The molecule has 0 heterocycles. The number of halogens is 4. The van der Waals surface area contributed by atoms with E-state index in [-0.39, 0.29) is 22.2 Å². The fourth-order valence-corrected chi connectivity index (χ4v) is 3.78. The molecule has 0 saturated carbocycles. The van der Waals surface area contributed by atoms with Gasteiger partial charge < -0.3 is 19.9 Å². The maximum atomic E-state index is 13.3. The number of aromatic carboxylic acids is 1. The van der Waals surface area contributed by atoms with E-state index in [1.165, 1.54) is 31.4 Å². The van der Waals surface area contributed by atoms with Gasteiger partial charge in [-0.3, -0.25) is 0 Å². The highest BCUT2D eigenvalue weighted by Crippen LogP contribution is 2.38. The first-order valence-electron chi connectivity index (χ1n) is 8.99. The lowest BCUT2D eigenvalue weighted by atomic mass is 10.1. The average Bonchev–Trinajstić information content (AvgIpc) is 2.72. The molecule has 0 aliphatic carbocycles. The van der Waals surface area contributed by atoms with E-state index in [0.29, 0.717) is 29.3 Å². The van der Waals surface area contributed by atoms with Gasteiger partial charge in [0.05, 0.1) is 22.7 Å². The number of nitrogens with one attached hydrogen (secondary N) is 1. The van der Waals surface area contributed by atoms with Crippen LogP contribution in [0, 0.1) is 5.82 Å². The number of carboxylic acid groups (broad SMARTS) is 1. The van der Waals surface area contributed by atoms with Crippen LogP contribution >= 0.6 is 39.1 Å². The lowest BCUT2D eigenvalue weighted by Gasteiger charge is -2.18. The van der Waals surface area contributed by atoms with E-state index in [9.17, 15) is 9.18 Å². The topological polar surface area (TPSA) is 67.8 Å². The Morgan fingerprint density at radius 2 is 1.90 bits per heavy atom. The van der Waals surface area contributed by atoms with E-state index in [4.69, 9.17) is 37.8 Å². The summed E-state index contributed by atoms with van der Waals surface area (Å²) in [5.74, 6) is -0.524. The number of ether oxygens (including phenoxy) is 2. The second-order valence-electron chi connectivity index (χ2n) is 6.44.